The Morgan fingerprint density at radius 2 is 2.07 bits per heavy atom. The number of rotatable bonds is 5. The van der Waals surface area contributed by atoms with Gasteiger partial charge >= 0.3 is 0 Å². The lowest BCUT2D eigenvalue weighted by atomic mass is 10.2. The lowest BCUT2D eigenvalue weighted by Crippen LogP contribution is -2.14. The predicted molar refractivity (Wildman–Crippen MR) is 60.7 cm³/mol. The zero-order chi connectivity index (χ0) is 10.4. The molecule has 0 aliphatic heterocycles. The molecule has 2 nitrogen and oxygen atoms in total. The van der Waals surface area contributed by atoms with Crippen LogP contribution in [0.5, 0.6) is 0 Å². The maximum absolute atomic E-state index is 9.10. The highest BCUT2D eigenvalue weighted by Crippen LogP contribution is 2.20. The van der Waals surface area contributed by atoms with Gasteiger partial charge in [0.15, 0.2) is 0 Å². The van der Waals surface area contributed by atoms with Crippen molar-refractivity contribution in [3.63, 3.8) is 0 Å². The Balaban J connectivity index is 2.35. The van der Waals surface area contributed by atoms with Crippen molar-refractivity contribution in [2.24, 2.45) is 0 Å². The van der Waals surface area contributed by atoms with Gasteiger partial charge in [-0.15, -0.1) is 0 Å². The SMILES string of the molecule is OC[C@H](O)CSCc1ccccc1Cl. The van der Waals surface area contributed by atoms with Crippen molar-refractivity contribution in [2.75, 3.05) is 12.4 Å². The van der Waals surface area contributed by atoms with Crippen LogP contribution in [0.1, 0.15) is 5.56 Å². The molecule has 2 N–H and O–H groups in total. The molecule has 0 amide bonds. The van der Waals surface area contributed by atoms with Gasteiger partial charge in [-0.1, -0.05) is 29.8 Å². The molecule has 0 bridgehead atoms. The fourth-order valence-corrected chi connectivity index (χ4v) is 2.22. The highest BCUT2D eigenvalue weighted by molar-refractivity contribution is 7.98. The maximum atomic E-state index is 9.10. The summed E-state index contributed by atoms with van der Waals surface area (Å²) in [6.07, 6.45) is -0.637. The number of aliphatic hydroxyl groups excluding tert-OH is 2. The number of thioether (sulfide) groups is 1. The van der Waals surface area contributed by atoms with Crippen LogP contribution in [0.2, 0.25) is 5.02 Å². The minimum atomic E-state index is -0.637. The van der Waals surface area contributed by atoms with E-state index in [2.05, 4.69) is 0 Å². The predicted octanol–water partition coefficient (Wildman–Crippen LogP) is 1.93. The van der Waals surface area contributed by atoms with Gasteiger partial charge in [0.05, 0.1) is 12.7 Å². The molecule has 1 rings (SSSR count). The molecule has 0 fully saturated rings. The van der Waals surface area contributed by atoms with Crippen LogP contribution in [0.25, 0.3) is 0 Å². The summed E-state index contributed by atoms with van der Waals surface area (Å²) in [6, 6.07) is 7.63. The minimum Gasteiger partial charge on any atom is -0.394 e. The standard InChI is InChI=1S/C10H13ClO2S/c11-10-4-2-1-3-8(10)6-14-7-9(13)5-12/h1-4,9,12-13H,5-7H2/t9-/m0/s1. The van der Waals surface area contributed by atoms with Crippen LogP contribution >= 0.6 is 23.4 Å². The van der Waals surface area contributed by atoms with Gasteiger partial charge in [0.1, 0.15) is 0 Å². The minimum absolute atomic E-state index is 0.185. The van der Waals surface area contributed by atoms with E-state index in [0.29, 0.717) is 5.75 Å². The van der Waals surface area contributed by atoms with Gasteiger partial charge in [-0.05, 0) is 11.6 Å². The summed E-state index contributed by atoms with van der Waals surface area (Å²) in [5.41, 5.74) is 1.06. The van der Waals surface area contributed by atoms with Crippen LogP contribution in [0.3, 0.4) is 0 Å². The molecular formula is C10H13ClO2S. The van der Waals surface area contributed by atoms with E-state index in [9.17, 15) is 0 Å². The summed E-state index contributed by atoms with van der Waals surface area (Å²) in [5.74, 6) is 1.29. The van der Waals surface area contributed by atoms with Crippen LogP contribution in [-0.2, 0) is 5.75 Å². The first-order valence-corrected chi connectivity index (χ1v) is 5.87. The molecule has 1 atom stereocenters. The highest BCUT2D eigenvalue weighted by atomic mass is 35.5. The van der Waals surface area contributed by atoms with Crippen molar-refractivity contribution in [3.8, 4) is 0 Å². The molecule has 1 aromatic rings. The zero-order valence-corrected chi connectivity index (χ0v) is 9.26. The van der Waals surface area contributed by atoms with Crippen LogP contribution in [-0.4, -0.2) is 28.7 Å². The van der Waals surface area contributed by atoms with Crippen LogP contribution in [0, 0.1) is 0 Å². The van der Waals surface area contributed by atoms with Crippen LogP contribution in [0.4, 0.5) is 0 Å². The van der Waals surface area contributed by atoms with Crippen molar-refractivity contribution in [1.82, 2.24) is 0 Å². The quantitative estimate of drug-likeness (QED) is 0.815. The first-order valence-electron chi connectivity index (χ1n) is 4.34. The number of hydrogen-bond acceptors (Lipinski definition) is 3. The van der Waals surface area contributed by atoms with E-state index in [0.717, 1.165) is 16.3 Å². The third kappa shape index (κ3) is 3.88. The average molecular weight is 233 g/mol. The van der Waals surface area contributed by atoms with E-state index in [-0.39, 0.29) is 6.61 Å². The number of hydrogen-bond donors (Lipinski definition) is 2. The summed E-state index contributed by atoms with van der Waals surface area (Å²) < 4.78 is 0. The zero-order valence-electron chi connectivity index (χ0n) is 7.69. The molecular weight excluding hydrogens is 220 g/mol. The number of halogens is 1. The second kappa shape index (κ2) is 6.30. The molecule has 0 saturated carbocycles. The molecule has 0 heterocycles. The average Bonchev–Trinajstić information content (AvgIpc) is 2.20. The Labute approximate surface area is 92.9 Å². The molecule has 0 spiro atoms. The Hall–Kier alpha value is -0.220. The van der Waals surface area contributed by atoms with Gasteiger partial charge < -0.3 is 10.2 Å². The van der Waals surface area contributed by atoms with E-state index in [1.54, 1.807) is 11.8 Å². The number of aliphatic hydroxyl groups is 2. The fourth-order valence-electron chi connectivity index (χ4n) is 0.973. The molecule has 0 radical (unpaired) electrons. The highest BCUT2D eigenvalue weighted by Gasteiger charge is 2.03. The summed E-state index contributed by atoms with van der Waals surface area (Å²) in [7, 11) is 0. The molecule has 0 saturated heterocycles. The lowest BCUT2D eigenvalue weighted by molar-refractivity contribution is 0.113. The van der Waals surface area contributed by atoms with E-state index in [1.165, 1.54) is 0 Å². The second-order valence-corrected chi connectivity index (χ2v) is 4.38. The van der Waals surface area contributed by atoms with E-state index in [1.807, 2.05) is 24.3 Å². The molecule has 0 unspecified atom stereocenters. The molecule has 78 valence electrons. The Morgan fingerprint density at radius 1 is 1.36 bits per heavy atom. The Bertz CT molecular complexity index is 281. The third-order valence-electron chi connectivity index (χ3n) is 1.74. The topological polar surface area (TPSA) is 40.5 Å². The lowest BCUT2D eigenvalue weighted by Gasteiger charge is -2.07. The summed E-state index contributed by atoms with van der Waals surface area (Å²) in [6.45, 7) is -0.185. The molecule has 0 aliphatic carbocycles. The fraction of sp³-hybridized carbons (Fsp3) is 0.400. The van der Waals surface area contributed by atoms with Gasteiger partial charge in [0.25, 0.3) is 0 Å². The number of benzene rings is 1. The largest absolute Gasteiger partial charge is 0.394 e. The van der Waals surface area contributed by atoms with Crippen molar-refractivity contribution >= 4 is 23.4 Å². The molecule has 4 heteroatoms. The van der Waals surface area contributed by atoms with Gasteiger partial charge in [0, 0.05) is 16.5 Å². The van der Waals surface area contributed by atoms with Crippen LogP contribution < -0.4 is 0 Å². The van der Waals surface area contributed by atoms with Gasteiger partial charge in [-0.2, -0.15) is 11.8 Å². The Kier molecular flexibility index (Phi) is 5.33. The smallest absolute Gasteiger partial charge is 0.0861 e. The summed E-state index contributed by atoms with van der Waals surface area (Å²) >= 11 is 7.51. The maximum Gasteiger partial charge on any atom is 0.0861 e. The van der Waals surface area contributed by atoms with Gasteiger partial charge in [-0.25, -0.2) is 0 Å². The van der Waals surface area contributed by atoms with Crippen molar-refractivity contribution in [1.29, 1.82) is 0 Å². The first kappa shape index (κ1) is 11.9. The molecule has 0 aliphatic rings. The molecule has 0 aromatic heterocycles. The monoisotopic (exact) mass is 232 g/mol. The van der Waals surface area contributed by atoms with E-state index >= 15 is 0 Å². The third-order valence-corrected chi connectivity index (χ3v) is 3.24. The van der Waals surface area contributed by atoms with Crippen molar-refractivity contribution in [3.05, 3.63) is 34.9 Å². The Morgan fingerprint density at radius 3 is 2.71 bits per heavy atom. The molecule has 14 heavy (non-hydrogen) atoms. The van der Waals surface area contributed by atoms with Crippen molar-refractivity contribution < 1.29 is 10.2 Å². The van der Waals surface area contributed by atoms with Gasteiger partial charge in [-0.3, -0.25) is 0 Å². The second-order valence-electron chi connectivity index (χ2n) is 2.94. The summed E-state index contributed by atoms with van der Waals surface area (Å²) in [5, 5.41) is 18.4. The summed E-state index contributed by atoms with van der Waals surface area (Å²) in [4.78, 5) is 0. The van der Waals surface area contributed by atoms with E-state index in [4.69, 9.17) is 21.8 Å². The van der Waals surface area contributed by atoms with E-state index < -0.39 is 6.10 Å². The van der Waals surface area contributed by atoms with Crippen LogP contribution in [0.15, 0.2) is 24.3 Å². The molecule has 1 aromatic carbocycles. The normalized spacial score (nSPS) is 12.8. The van der Waals surface area contributed by atoms with Crippen molar-refractivity contribution in [2.45, 2.75) is 11.9 Å². The first-order chi connectivity index (χ1) is 6.74. The van der Waals surface area contributed by atoms with Gasteiger partial charge in [0.2, 0.25) is 0 Å².